The van der Waals surface area contributed by atoms with E-state index in [0.717, 1.165) is 5.69 Å². The van der Waals surface area contributed by atoms with Gasteiger partial charge in [-0.2, -0.15) is 0 Å². The molecule has 5 nitrogen and oxygen atoms in total. The molecule has 0 spiro atoms. The van der Waals surface area contributed by atoms with Gasteiger partial charge in [-0.1, -0.05) is 27.7 Å². The molecule has 1 atom stereocenters. The van der Waals surface area contributed by atoms with Crippen LogP contribution in [-0.4, -0.2) is 26.6 Å². The summed E-state index contributed by atoms with van der Waals surface area (Å²) < 4.78 is 7.53. The van der Waals surface area contributed by atoms with Crippen LogP contribution in [0.3, 0.4) is 0 Å². The van der Waals surface area contributed by atoms with Crippen LogP contribution in [0.15, 0.2) is 24.5 Å². The van der Waals surface area contributed by atoms with Gasteiger partial charge in [0.05, 0.1) is 5.69 Å². The third-order valence-corrected chi connectivity index (χ3v) is 3.16. The van der Waals surface area contributed by atoms with Crippen molar-refractivity contribution in [1.82, 2.24) is 9.38 Å². The van der Waals surface area contributed by atoms with Crippen LogP contribution in [0.2, 0.25) is 0 Å². The van der Waals surface area contributed by atoms with E-state index in [2.05, 4.69) is 18.8 Å². The van der Waals surface area contributed by atoms with Crippen LogP contribution in [-0.2, 0) is 4.79 Å². The minimum atomic E-state index is -0.961. The fourth-order valence-corrected chi connectivity index (χ4v) is 1.98. The lowest BCUT2D eigenvalue weighted by atomic mass is 10.1. The molecule has 0 aliphatic rings. The van der Waals surface area contributed by atoms with Crippen LogP contribution in [0, 0.1) is 5.92 Å². The van der Waals surface area contributed by atoms with E-state index in [-0.39, 0.29) is 5.92 Å². The molecule has 2 rings (SSSR count). The highest BCUT2D eigenvalue weighted by Crippen LogP contribution is 2.24. The van der Waals surface area contributed by atoms with Gasteiger partial charge in [-0.15, -0.1) is 0 Å². The molecule has 0 aliphatic heterocycles. The number of carbonyl (C=O) groups is 1. The number of aliphatic carboxylic acids is 1. The van der Waals surface area contributed by atoms with Gasteiger partial charge in [-0.05, 0) is 18.1 Å². The Bertz CT molecular complexity index is 617. The lowest BCUT2D eigenvalue weighted by Crippen LogP contribution is -2.32. The van der Waals surface area contributed by atoms with Crippen molar-refractivity contribution in [2.45, 2.75) is 39.7 Å². The lowest BCUT2D eigenvalue weighted by molar-refractivity contribution is -0.147. The largest absolute Gasteiger partial charge is 0.478 e. The van der Waals surface area contributed by atoms with Gasteiger partial charge in [-0.3, -0.25) is 0 Å². The number of nitrogens with zero attached hydrogens (tertiary/aromatic N) is 2. The van der Waals surface area contributed by atoms with Gasteiger partial charge in [0.2, 0.25) is 0 Å². The Hall–Kier alpha value is -2.04. The Labute approximate surface area is 118 Å². The number of hydrogen-bond acceptors (Lipinski definition) is 3. The second-order valence-corrected chi connectivity index (χ2v) is 5.54. The molecule has 2 aromatic heterocycles. The molecular weight excluding hydrogens is 256 g/mol. The Morgan fingerprint density at radius 3 is 2.60 bits per heavy atom. The Balaban J connectivity index is 2.41. The van der Waals surface area contributed by atoms with E-state index in [0.29, 0.717) is 17.3 Å². The van der Waals surface area contributed by atoms with Crippen LogP contribution < -0.4 is 4.74 Å². The van der Waals surface area contributed by atoms with E-state index in [4.69, 9.17) is 4.74 Å². The molecular formula is C15H20N2O3. The second kappa shape index (κ2) is 5.53. The summed E-state index contributed by atoms with van der Waals surface area (Å²) in [5.74, 6) is -0.270. The highest BCUT2D eigenvalue weighted by molar-refractivity contribution is 5.73. The highest BCUT2D eigenvalue weighted by Gasteiger charge is 2.24. The molecule has 1 unspecified atom stereocenters. The number of aromatic nitrogens is 2. The molecule has 0 amide bonds. The number of hydrogen-bond donors (Lipinski definition) is 1. The number of imidazole rings is 1. The molecule has 0 saturated carbocycles. The van der Waals surface area contributed by atoms with Gasteiger partial charge in [0.25, 0.3) is 0 Å². The maximum Gasteiger partial charge on any atom is 0.345 e. The molecule has 5 heteroatoms. The van der Waals surface area contributed by atoms with Gasteiger partial charge in [-0.25, -0.2) is 9.78 Å². The van der Waals surface area contributed by atoms with Gasteiger partial charge in [0.15, 0.2) is 17.5 Å². The predicted octanol–water partition coefficient (Wildman–Crippen LogP) is 2.95. The second-order valence-electron chi connectivity index (χ2n) is 5.54. The van der Waals surface area contributed by atoms with Gasteiger partial charge in [0.1, 0.15) is 0 Å². The number of pyridine rings is 1. The topological polar surface area (TPSA) is 63.8 Å². The minimum absolute atomic E-state index is 0.118. The third kappa shape index (κ3) is 2.76. The van der Waals surface area contributed by atoms with Gasteiger partial charge >= 0.3 is 5.97 Å². The fourth-order valence-electron chi connectivity index (χ4n) is 1.98. The average molecular weight is 276 g/mol. The third-order valence-electron chi connectivity index (χ3n) is 3.16. The molecule has 108 valence electrons. The summed E-state index contributed by atoms with van der Waals surface area (Å²) in [7, 11) is 0. The zero-order chi connectivity index (χ0) is 14.9. The first-order valence-electron chi connectivity index (χ1n) is 6.77. The molecule has 2 heterocycles. The average Bonchev–Trinajstić information content (AvgIpc) is 2.79. The molecule has 0 aliphatic carbocycles. The summed E-state index contributed by atoms with van der Waals surface area (Å²) >= 11 is 0. The summed E-state index contributed by atoms with van der Waals surface area (Å²) in [6.07, 6.45) is 2.95. The van der Waals surface area contributed by atoms with Crippen molar-refractivity contribution in [1.29, 1.82) is 0 Å². The molecule has 0 aromatic carbocycles. The van der Waals surface area contributed by atoms with Gasteiger partial charge in [0, 0.05) is 18.3 Å². The lowest BCUT2D eigenvalue weighted by Gasteiger charge is -2.18. The first-order chi connectivity index (χ1) is 9.40. The molecule has 0 saturated heterocycles. The number of fused-ring (bicyclic) bond motifs is 1. The summed E-state index contributed by atoms with van der Waals surface area (Å²) in [6, 6.07) is 3.58. The number of ether oxygens (including phenoxy) is 1. The monoisotopic (exact) mass is 276 g/mol. The molecule has 20 heavy (non-hydrogen) atoms. The van der Waals surface area contributed by atoms with Crippen LogP contribution in [0.4, 0.5) is 0 Å². The van der Waals surface area contributed by atoms with Crippen molar-refractivity contribution in [2.75, 3.05) is 0 Å². The van der Waals surface area contributed by atoms with Crippen LogP contribution >= 0.6 is 0 Å². The van der Waals surface area contributed by atoms with Crippen molar-refractivity contribution < 1.29 is 14.6 Å². The summed E-state index contributed by atoms with van der Waals surface area (Å²) in [5, 5.41) is 9.22. The maximum atomic E-state index is 11.2. The SMILES string of the molecule is CC(C)c1cn2cccc(OC(C(=O)O)C(C)C)c2n1. The predicted molar refractivity (Wildman–Crippen MR) is 76.2 cm³/mol. The Kier molecular flexibility index (Phi) is 3.97. The zero-order valence-corrected chi connectivity index (χ0v) is 12.2. The first-order valence-corrected chi connectivity index (χ1v) is 6.77. The van der Waals surface area contributed by atoms with E-state index in [1.807, 2.05) is 36.7 Å². The van der Waals surface area contributed by atoms with E-state index in [1.54, 1.807) is 6.07 Å². The van der Waals surface area contributed by atoms with E-state index >= 15 is 0 Å². The normalized spacial score (nSPS) is 13.1. The highest BCUT2D eigenvalue weighted by atomic mass is 16.5. The minimum Gasteiger partial charge on any atom is -0.478 e. The Morgan fingerprint density at radius 2 is 2.05 bits per heavy atom. The fraction of sp³-hybridized carbons (Fsp3) is 0.467. The van der Waals surface area contributed by atoms with Crippen molar-refractivity contribution in [3.8, 4) is 5.75 Å². The molecule has 0 fully saturated rings. The smallest absolute Gasteiger partial charge is 0.345 e. The van der Waals surface area contributed by atoms with Crippen molar-refractivity contribution in [3.05, 3.63) is 30.2 Å². The molecule has 2 aromatic rings. The van der Waals surface area contributed by atoms with Crippen LogP contribution in [0.25, 0.3) is 5.65 Å². The van der Waals surface area contributed by atoms with Crippen molar-refractivity contribution in [3.63, 3.8) is 0 Å². The van der Waals surface area contributed by atoms with Crippen molar-refractivity contribution in [2.24, 2.45) is 5.92 Å². The van der Waals surface area contributed by atoms with E-state index < -0.39 is 12.1 Å². The number of rotatable bonds is 5. The van der Waals surface area contributed by atoms with E-state index in [9.17, 15) is 9.90 Å². The zero-order valence-electron chi connectivity index (χ0n) is 12.2. The molecule has 1 N–H and O–H groups in total. The van der Waals surface area contributed by atoms with Crippen molar-refractivity contribution >= 4 is 11.6 Å². The maximum absolute atomic E-state index is 11.2. The Morgan fingerprint density at radius 1 is 1.35 bits per heavy atom. The molecule has 0 radical (unpaired) electrons. The standard InChI is InChI=1S/C15H20N2O3/c1-9(2)11-8-17-7-5-6-12(14(17)16-11)20-13(10(3)4)15(18)19/h5-10,13H,1-4H3,(H,18,19). The van der Waals surface area contributed by atoms with E-state index in [1.165, 1.54) is 0 Å². The molecule has 0 bridgehead atoms. The first kappa shape index (κ1) is 14.4. The summed E-state index contributed by atoms with van der Waals surface area (Å²) in [5.41, 5.74) is 1.61. The summed E-state index contributed by atoms with van der Waals surface area (Å²) in [6.45, 7) is 7.78. The van der Waals surface area contributed by atoms with Crippen LogP contribution in [0.5, 0.6) is 5.75 Å². The van der Waals surface area contributed by atoms with Crippen LogP contribution in [0.1, 0.15) is 39.3 Å². The van der Waals surface area contributed by atoms with Gasteiger partial charge < -0.3 is 14.2 Å². The number of carboxylic acids is 1. The number of carboxylic acid groups (broad SMARTS) is 1. The quantitative estimate of drug-likeness (QED) is 0.912. The summed E-state index contributed by atoms with van der Waals surface area (Å²) in [4.78, 5) is 15.8.